The first-order valence-electron chi connectivity index (χ1n) is 6.33. The van der Waals surface area contributed by atoms with Crippen LogP contribution in [0.15, 0.2) is 59.5 Å². The van der Waals surface area contributed by atoms with Gasteiger partial charge in [0.15, 0.2) is 0 Å². The molecule has 0 aliphatic heterocycles. The van der Waals surface area contributed by atoms with Crippen molar-refractivity contribution < 1.29 is 14.3 Å². The Morgan fingerprint density at radius 1 is 1.15 bits per heavy atom. The van der Waals surface area contributed by atoms with E-state index in [1.54, 1.807) is 23.9 Å². The number of rotatable bonds is 6. The molecular formula is C16H15FO2S. The van der Waals surface area contributed by atoms with Crippen LogP contribution in [0.4, 0.5) is 4.39 Å². The van der Waals surface area contributed by atoms with Gasteiger partial charge in [-0.15, -0.1) is 11.8 Å². The molecule has 2 aromatic carbocycles. The van der Waals surface area contributed by atoms with Crippen LogP contribution >= 0.6 is 11.8 Å². The van der Waals surface area contributed by atoms with Crippen LogP contribution < -0.4 is 0 Å². The van der Waals surface area contributed by atoms with E-state index in [-0.39, 0.29) is 0 Å². The Kier molecular flexibility index (Phi) is 5.18. The maximum Gasteiger partial charge on any atom is 0.311 e. The lowest BCUT2D eigenvalue weighted by Crippen LogP contribution is -2.12. The zero-order valence-electron chi connectivity index (χ0n) is 10.8. The molecule has 1 N–H and O–H groups in total. The Hall–Kier alpha value is -1.81. The second-order valence-electron chi connectivity index (χ2n) is 4.40. The largest absolute Gasteiger partial charge is 0.481 e. The van der Waals surface area contributed by atoms with E-state index >= 15 is 0 Å². The van der Waals surface area contributed by atoms with Gasteiger partial charge in [-0.3, -0.25) is 4.79 Å². The molecule has 0 fully saturated rings. The van der Waals surface area contributed by atoms with Gasteiger partial charge in [0.05, 0.1) is 5.92 Å². The molecule has 0 saturated heterocycles. The van der Waals surface area contributed by atoms with Crippen molar-refractivity contribution in [2.45, 2.75) is 17.2 Å². The van der Waals surface area contributed by atoms with Gasteiger partial charge in [-0.2, -0.15) is 0 Å². The lowest BCUT2D eigenvalue weighted by molar-refractivity contribution is -0.138. The molecule has 104 valence electrons. The van der Waals surface area contributed by atoms with Gasteiger partial charge < -0.3 is 5.11 Å². The summed E-state index contributed by atoms with van der Waals surface area (Å²) in [5.74, 6) is -1.30. The third-order valence-corrected chi connectivity index (χ3v) is 4.01. The van der Waals surface area contributed by atoms with Gasteiger partial charge >= 0.3 is 5.97 Å². The van der Waals surface area contributed by atoms with Gasteiger partial charge in [0, 0.05) is 4.90 Å². The van der Waals surface area contributed by atoms with E-state index in [1.165, 1.54) is 12.1 Å². The van der Waals surface area contributed by atoms with Crippen molar-refractivity contribution in [3.63, 3.8) is 0 Å². The molecule has 0 radical (unpaired) electrons. The Labute approximate surface area is 121 Å². The highest BCUT2D eigenvalue weighted by atomic mass is 32.2. The van der Waals surface area contributed by atoms with E-state index < -0.39 is 17.7 Å². The minimum Gasteiger partial charge on any atom is -0.481 e. The maximum atomic E-state index is 13.2. The monoisotopic (exact) mass is 290 g/mol. The van der Waals surface area contributed by atoms with E-state index in [4.69, 9.17) is 0 Å². The molecule has 0 spiro atoms. The average molecular weight is 290 g/mol. The fraction of sp³-hybridized carbons (Fsp3) is 0.188. The first-order chi connectivity index (χ1) is 9.66. The normalized spacial score (nSPS) is 12.1. The topological polar surface area (TPSA) is 37.3 Å². The van der Waals surface area contributed by atoms with Gasteiger partial charge in [-0.25, -0.2) is 4.39 Å². The molecule has 0 aliphatic carbocycles. The van der Waals surface area contributed by atoms with Crippen LogP contribution in [0.25, 0.3) is 0 Å². The zero-order chi connectivity index (χ0) is 14.4. The van der Waals surface area contributed by atoms with Gasteiger partial charge in [0.1, 0.15) is 5.82 Å². The summed E-state index contributed by atoms with van der Waals surface area (Å²) in [5, 5.41) is 9.28. The zero-order valence-corrected chi connectivity index (χ0v) is 11.6. The highest BCUT2D eigenvalue weighted by Crippen LogP contribution is 2.26. The van der Waals surface area contributed by atoms with E-state index in [0.29, 0.717) is 17.7 Å². The number of hydrogen-bond donors (Lipinski definition) is 1. The highest BCUT2D eigenvalue weighted by molar-refractivity contribution is 7.99. The van der Waals surface area contributed by atoms with Crippen molar-refractivity contribution in [3.05, 3.63) is 66.0 Å². The molecule has 0 aliphatic rings. The number of carboxylic acids is 1. The molecular weight excluding hydrogens is 275 g/mol. The van der Waals surface area contributed by atoms with E-state index in [2.05, 4.69) is 0 Å². The second kappa shape index (κ2) is 7.10. The molecule has 0 amide bonds. The van der Waals surface area contributed by atoms with Crippen molar-refractivity contribution in [2.24, 2.45) is 0 Å². The van der Waals surface area contributed by atoms with E-state index in [9.17, 15) is 14.3 Å². The Morgan fingerprint density at radius 2 is 1.90 bits per heavy atom. The number of benzene rings is 2. The molecule has 2 nitrogen and oxygen atoms in total. The summed E-state index contributed by atoms with van der Waals surface area (Å²) < 4.78 is 13.2. The van der Waals surface area contributed by atoms with Crippen molar-refractivity contribution in [1.29, 1.82) is 0 Å². The van der Waals surface area contributed by atoms with Crippen LogP contribution in [0.5, 0.6) is 0 Å². The average Bonchev–Trinajstić information content (AvgIpc) is 2.44. The molecule has 1 atom stereocenters. The quantitative estimate of drug-likeness (QED) is 0.811. The summed E-state index contributed by atoms with van der Waals surface area (Å²) in [7, 11) is 0. The second-order valence-corrected chi connectivity index (χ2v) is 5.56. The van der Waals surface area contributed by atoms with Crippen LogP contribution in [0.2, 0.25) is 0 Å². The van der Waals surface area contributed by atoms with Crippen LogP contribution in [0, 0.1) is 5.82 Å². The molecule has 4 heteroatoms. The summed E-state index contributed by atoms with van der Waals surface area (Å²) in [6.45, 7) is 0. The van der Waals surface area contributed by atoms with Crippen molar-refractivity contribution in [1.82, 2.24) is 0 Å². The van der Waals surface area contributed by atoms with Crippen LogP contribution in [-0.4, -0.2) is 16.8 Å². The number of aliphatic carboxylic acids is 1. The Bertz CT molecular complexity index is 572. The summed E-state index contributed by atoms with van der Waals surface area (Å²) in [6, 6.07) is 15.6. The predicted octanol–water partition coefficient (Wildman–Crippen LogP) is 4.18. The minimum atomic E-state index is -0.913. The fourth-order valence-electron chi connectivity index (χ4n) is 1.97. The van der Waals surface area contributed by atoms with Crippen molar-refractivity contribution in [2.75, 3.05) is 5.75 Å². The number of carbonyl (C=O) groups is 1. The molecule has 0 aromatic heterocycles. The van der Waals surface area contributed by atoms with Gasteiger partial charge in [-0.05, 0) is 42.0 Å². The summed E-state index contributed by atoms with van der Waals surface area (Å²) in [6.07, 6.45) is 0.471. The van der Waals surface area contributed by atoms with Gasteiger partial charge in [0.2, 0.25) is 0 Å². The van der Waals surface area contributed by atoms with Gasteiger partial charge in [0.25, 0.3) is 0 Å². The maximum absolute atomic E-state index is 13.2. The van der Waals surface area contributed by atoms with Crippen LogP contribution in [0.1, 0.15) is 17.9 Å². The Morgan fingerprint density at radius 3 is 2.55 bits per heavy atom. The van der Waals surface area contributed by atoms with E-state index in [0.717, 1.165) is 4.90 Å². The molecule has 0 heterocycles. The van der Waals surface area contributed by atoms with Crippen molar-refractivity contribution >= 4 is 17.7 Å². The number of thioether (sulfide) groups is 1. The highest BCUT2D eigenvalue weighted by Gasteiger charge is 2.19. The molecule has 2 rings (SSSR count). The standard InChI is InChI=1S/C16H15FO2S/c17-13-6-4-5-12(11-13)15(16(18)19)9-10-20-14-7-2-1-3-8-14/h1-8,11,15H,9-10H2,(H,18,19). The summed E-state index contributed by atoms with van der Waals surface area (Å²) >= 11 is 1.61. The Balaban J connectivity index is 1.98. The smallest absolute Gasteiger partial charge is 0.311 e. The summed E-state index contributed by atoms with van der Waals surface area (Å²) in [5.41, 5.74) is 0.520. The van der Waals surface area contributed by atoms with Crippen molar-refractivity contribution in [3.8, 4) is 0 Å². The molecule has 2 aromatic rings. The first kappa shape index (κ1) is 14.6. The van der Waals surface area contributed by atoms with Gasteiger partial charge in [-0.1, -0.05) is 30.3 Å². The number of halogens is 1. The third-order valence-electron chi connectivity index (χ3n) is 2.97. The SMILES string of the molecule is O=C(O)C(CCSc1ccccc1)c1cccc(F)c1. The lowest BCUT2D eigenvalue weighted by atomic mass is 9.97. The molecule has 1 unspecified atom stereocenters. The first-order valence-corrected chi connectivity index (χ1v) is 7.31. The lowest BCUT2D eigenvalue weighted by Gasteiger charge is -2.12. The minimum absolute atomic E-state index is 0.399. The molecule has 0 bridgehead atoms. The number of hydrogen-bond acceptors (Lipinski definition) is 2. The predicted molar refractivity (Wildman–Crippen MR) is 78.6 cm³/mol. The molecule has 0 saturated carbocycles. The summed E-state index contributed by atoms with van der Waals surface area (Å²) in [4.78, 5) is 12.4. The molecule has 20 heavy (non-hydrogen) atoms. The van der Waals surface area contributed by atoms with E-state index in [1.807, 2.05) is 30.3 Å². The third kappa shape index (κ3) is 4.10. The fourth-order valence-corrected chi connectivity index (χ4v) is 2.91. The number of carboxylic acid groups (broad SMARTS) is 1. The van der Waals surface area contributed by atoms with Crippen LogP contribution in [0.3, 0.4) is 0 Å². The van der Waals surface area contributed by atoms with Crippen LogP contribution in [-0.2, 0) is 4.79 Å².